The highest BCUT2D eigenvalue weighted by atomic mass is 16.6. The highest BCUT2D eigenvalue weighted by molar-refractivity contribution is 5.75. The molecule has 14 heavy (non-hydrogen) atoms. The second-order valence-electron chi connectivity index (χ2n) is 3.99. The Bertz CT molecular complexity index is 164. The molecule has 3 heteroatoms. The van der Waals surface area contributed by atoms with Crippen LogP contribution in [0, 0.1) is 5.41 Å². The molecule has 0 atom stereocenters. The summed E-state index contributed by atoms with van der Waals surface area (Å²) in [7, 11) is 0. The van der Waals surface area contributed by atoms with Gasteiger partial charge in [-0.1, -0.05) is 13.8 Å². The molecule has 0 unspecified atom stereocenters. The first-order valence-electron chi connectivity index (χ1n) is 5.29. The molecule has 0 heterocycles. The molecule has 0 amide bonds. The van der Waals surface area contributed by atoms with Gasteiger partial charge < -0.3 is 9.47 Å². The fraction of sp³-hybridized carbons (Fsp3) is 0.909. The second-order valence-corrected chi connectivity index (χ2v) is 3.99. The monoisotopic (exact) mass is 202 g/mol. The van der Waals surface area contributed by atoms with E-state index in [1.165, 1.54) is 0 Å². The molecule has 0 spiro atoms. The first-order chi connectivity index (χ1) is 6.54. The van der Waals surface area contributed by atoms with Gasteiger partial charge >= 0.3 is 5.97 Å². The highest BCUT2D eigenvalue weighted by Gasteiger charge is 2.26. The normalized spacial score (nSPS) is 11.4. The predicted octanol–water partition coefficient (Wildman–Crippen LogP) is 2.39. The zero-order valence-electron chi connectivity index (χ0n) is 9.76. The van der Waals surface area contributed by atoms with E-state index in [1.54, 1.807) is 0 Å². The van der Waals surface area contributed by atoms with Crippen molar-refractivity contribution in [3.05, 3.63) is 0 Å². The molecular weight excluding hydrogens is 180 g/mol. The van der Waals surface area contributed by atoms with Crippen LogP contribution in [0.5, 0.6) is 0 Å². The molecule has 0 rings (SSSR count). The smallest absolute Gasteiger partial charge is 0.311 e. The first-order valence-corrected chi connectivity index (χ1v) is 5.29. The lowest BCUT2D eigenvalue weighted by molar-refractivity contribution is -0.155. The SMILES string of the molecule is CCCOCCOC(=O)C(C)(C)CC. The van der Waals surface area contributed by atoms with E-state index in [0.717, 1.165) is 19.4 Å². The van der Waals surface area contributed by atoms with E-state index in [4.69, 9.17) is 9.47 Å². The summed E-state index contributed by atoms with van der Waals surface area (Å²) in [4.78, 5) is 11.5. The lowest BCUT2D eigenvalue weighted by Crippen LogP contribution is -2.27. The fourth-order valence-electron chi connectivity index (χ4n) is 0.779. The van der Waals surface area contributed by atoms with E-state index in [1.807, 2.05) is 27.7 Å². The van der Waals surface area contributed by atoms with Gasteiger partial charge in [-0.25, -0.2) is 0 Å². The Hall–Kier alpha value is -0.570. The molecule has 84 valence electrons. The van der Waals surface area contributed by atoms with Gasteiger partial charge in [0, 0.05) is 6.61 Å². The topological polar surface area (TPSA) is 35.5 Å². The molecule has 0 aromatic carbocycles. The molecule has 0 N–H and O–H groups in total. The number of carbonyl (C=O) groups excluding carboxylic acids is 1. The summed E-state index contributed by atoms with van der Waals surface area (Å²) in [5.41, 5.74) is -0.370. The summed E-state index contributed by atoms with van der Waals surface area (Å²) in [5, 5.41) is 0. The van der Waals surface area contributed by atoms with E-state index in [-0.39, 0.29) is 11.4 Å². The maximum absolute atomic E-state index is 11.5. The van der Waals surface area contributed by atoms with Crippen molar-refractivity contribution < 1.29 is 14.3 Å². The average molecular weight is 202 g/mol. The van der Waals surface area contributed by atoms with E-state index in [2.05, 4.69) is 0 Å². The van der Waals surface area contributed by atoms with Gasteiger partial charge in [0.25, 0.3) is 0 Å². The Morgan fingerprint density at radius 2 is 1.79 bits per heavy atom. The van der Waals surface area contributed by atoms with Gasteiger partial charge in [-0.05, 0) is 26.7 Å². The molecule has 0 aliphatic rings. The van der Waals surface area contributed by atoms with E-state index >= 15 is 0 Å². The van der Waals surface area contributed by atoms with Crippen LogP contribution in [0.3, 0.4) is 0 Å². The summed E-state index contributed by atoms with van der Waals surface area (Å²) in [6, 6.07) is 0. The molecule has 0 saturated heterocycles. The molecule has 0 radical (unpaired) electrons. The van der Waals surface area contributed by atoms with Crippen molar-refractivity contribution in [3.8, 4) is 0 Å². The van der Waals surface area contributed by atoms with Crippen LogP contribution in [-0.4, -0.2) is 25.8 Å². The van der Waals surface area contributed by atoms with Crippen molar-refractivity contribution in [3.63, 3.8) is 0 Å². The standard InChI is InChI=1S/C11H22O3/c1-5-7-13-8-9-14-10(12)11(3,4)6-2/h5-9H2,1-4H3. The Balaban J connectivity index is 3.54. The lowest BCUT2D eigenvalue weighted by Gasteiger charge is -2.20. The van der Waals surface area contributed by atoms with Gasteiger partial charge in [0.15, 0.2) is 0 Å². The van der Waals surface area contributed by atoms with Crippen LogP contribution in [0.4, 0.5) is 0 Å². The number of hydrogen-bond donors (Lipinski definition) is 0. The van der Waals surface area contributed by atoms with Crippen LogP contribution >= 0.6 is 0 Å². The number of hydrogen-bond acceptors (Lipinski definition) is 3. The molecule has 0 aliphatic carbocycles. The summed E-state index contributed by atoms with van der Waals surface area (Å²) >= 11 is 0. The highest BCUT2D eigenvalue weighted by Crippen LogP contribution is 2.21. The molecular formula is C11H22O3. The molecule has 0 bridgehead atoms. The van der Waals surface area contributed by atoms with E-state index in [9.17, 15) is 4.79 Å². The lowest BCUT2D eigenvalue weighted by atomic mass is 9.91. The van der Waals surface area contributed by atoms with Crippen molar-refractivity contribution in [2.45, 2.75) is 40.5 Å². The molecule has 0 fully saturated rings. The summed E-state index contributed by atoms with van der Waals surface area (Å²) in [5.74, 6) is -0.139. The average Bonchev–Trinajstić information content (AvgIpc) is 2.17. The van der Waals surface area contributed by atoms with Gasteiger partial charge in [0.05, 0.1) is 12.0 Å². The van der Waals surface area contributed by atoms with Gasteiger partial charge in [-0.3, -0.25) is 4.79 Å². The molecule has 0 aromatic heterocycles. The molecule has 0 aliphatic heterocycles. The van der Waals surface area contributed by atoms with Gasteiger partial charge in [-0.15, -0.1) is 0 Å². The Kier molecular flexibility index (Phi) is 6.54. The van der Waals surface area contributed by atoms with Crippen LogP contribution < -0.4 is 0 Å². The maximum Gasteiger partial charge on any atom is 0.311 e. The number of carbonyl (C=O) groups is 1. The molecule has 0 aromatic rings. The van der Waals surface area contributed by atoms with Crippen LogP contribution in [0.15, 0.2) is 0 Å². The van der Waals surface area contributed by atoms with Crippen molar-refractivity contribution in [1.82, 2.24) is 0 Å². The third-order valence-corrected chi connectivity index (χ3v) is 2.25. The number of ether oxygens (including phenoxy) is 2. The van der Waals surface area contributed by atoms with Gasteiger partial charge in [0.1, 0.15) is 6.61 Å². The van der Waals surface area contributed by atoms with Crippen molar-refractivity contribution in [1.29, 1.82) is 0 Å². The minimum Gasteiger partial charge on any atom is -0.463 e. The fourth-order valence-corrected chi connectivity index (χ4v) is 0.779. The van der Waals surface area contributed by atoms with Gasteiger partial charge in [0.2, 0.25) is 0 Å². The molecule has 0 saturated carbocycles. The third kappa shape index (κ3) is 5.22. The molecule has 3 nitrogen and oxygen atoms in total. The van der Waals surface area contributed by atoms with E-state index < -0.39 is 0 Å². The Morgan fingerprint density at radius 3 is 2.29 bits per heavy atom. The third-order valence-electron chi connectivity index (χ3n) is 2.25. The minimum atomic E-state index is -0.370. The first kappa shape index (κ1) is 13.4. The van der Waals surface area contributed by atoms with Crippen molar-refractivity contribution >= 4 is 5.97 Å². The summed E-state index contributed by atoms with van der Waals surface area (Å²) in [6.07, 6.45) is 1.79. The quantitative estimate of drug-likeness (QED) is 0.469. The minimum absolute atomic E-state index is 0.139. The number of rotatable bonds is 7. The summed E-state index contributed by atoms with van der Waals surface area (Å²) in [6.45, 7) is 9.40. The summed E-state index contributed by atoms with van der Waals surface area (Å²) < 4.78 is 10.3. The maximum atomic E-state index is 11.5. The van der Waals surface area contributed by atoms with Crippen LogP contribution in [-0.2, 0) is 14.3 Å². The van der Waals surface area contributed by atoms with Crippen molar-refractivity contribution in [2.24, 2.45) is 5.41 Å². The van der Waals surface area contributed by atoms with Crippen LogP contribution in [0.1, 0.15) is 40.5 Å². The zero-order chi connectivity index (χ0) is 11.0. The van der Waals surface area contributed by atoms with Crippen molar-refractivity contribution in [2.75, 3.05) is 19.8 Å². The van der Waals surface area contributed by atoms with Crippen LogP contribution in [0.25, 0.3) is 0 Å². The Morgan fingerprint density at radius 1 is 1.14 bits per heavy atom. The second kappa shape index (κ2) is 6.82. The number of esters is 1. The van der Waals surface area contributed by atoms with Gasteiger partial charge in [-0.2, -0.15) is 0 Å². The van der Waals surface area contributed by atoms with E-state index in [0.29, 0.717) is 13.2 Å². The van der Waals surface area contributed by atoms with Crippen LogP contribution in [0.2, 0.25) is 0 Å². The predicted molar refractivity (Wildman–Crippen MR) is 56.1 cm³/mol. The largest absolute Gasteiger partial charge is 0.463 e. The zero-order valence-corrected chi connectivity index (χ0v) is 9.76. The Labute approximate surface area is 86.8 Å².